The molecule has 3 fully saturated rings. The lowest BCUT2D eigenvalue weighted by Crippen LogP contribution is -2.80. The van der Waals surface area contributed by atoms with Crippen molar-refractivity contribution in [2.45, 2.75) is 122 Å². The first-order valence-corrected chi connectivity index (χ1v) is 14.2. The standard InChI is InChI=1S/C29H48O8/c1-16(2)7-6-8-17(3)19-9-10-20-21-11-24(34)28(35)13-23(33)22(32)12-27(28,15-30)29(21,36)25(37-18(4)31)14-26(19,20)5/h11,16-17,19-20,22-25,30,32-36H,6-10,12-15H2,1-5H3/t17-,19-,20+,22-,23-,24-,25-,26-,27-,28+,29+/m1/s1. The molecule has 212 valence electrons. The van der Waals surface area contributed by atoms with Gasteiger partial charge < -0.3 is 35.4 Å². The van der Waals surface area contributed by atoms with Gasteiger partial charge in [0, 0.05) is 13.3 Å². The summed E-state index contributed by atoms with van der Waals surface area (Å²) in [6, 6.07) is 0. The first-order chi connectivity index (χ1) is 17.2. The summed E-state index contributed by atoms with van der Waals surface area (Å²) in [5.41, 5.74) is -5.80. The molecule has 0 aromatic rings. The second-order valence-electron chi connectivity index (χ2n) is 13.4. The fourth-order valence-corrected chi connectivity index (χ4v) is 9.05. The van der Waals surface area contributed by atoms with Crippen molar-refractivity contribution < 1.29 is 40.2 Å². The van der Waals surface area contributed by atoms with Crippen LogP contribution in [0.25, 0.3) is 0 Å². The third kappa shape index (κ3) is 4.13. The van der Waals surface area contributed by atoms with Crippen molar-refractivity contribution in [3.63, 3.8) is 0 Å². The molecule has 0 radical (unpaired) electrons. The molecule has 0 aromatic carbocycles. The van der Waals surface area contributed by atoms with Crippen LogP contribution in [0.5, 0.6) is 0 Å². The molecule has 0 amide bonds. The molecule has 0 bridgehead atoms. The molecule has 8 heteroatoms. The van der Waals surface area contributed by atoms with Crippen LogP contribution in [0.2, 0.25) is 0 Å². The van der Waals surface area contributed by atoms with Crippen LogP contribution in [0.4, 0.5) is 0 Å². The molecule has 0 aliphatic heterocycles. The highest BCUT2D eigenvalue weighted by atomic mass is 16.6. The highest BCUT2D eigenvalue weighted by Crippen LogP contribution is 2.69. The van der Waals surface area contributed by atoms with Gasteiger partial charge in [-0.1, -0.05) is 53.0 Å². The van der Waals surface area contributed by atoms with E-state index in [4.69, 9.17) is 4.74 Å². The number of carbonyl (C=O) groups is 1. The van der Waals surface area contributed by atoms with Crippen molar-refractivity contribution in [2.75, 3.05) is 6.61 Å². The Labute approximate surface area is 220 Å². The van der Waals surface area contributed by atoms with Gasteiger partial charge in [0.15, 0.2) is 0 Å². The minimum absolute atomic E-state index is 0.145. The lowest BCUT2D eigenvalue weighted by Gasteiger charge is -2.67. The van der Waals surface area contributed by atoms with Gasteiger partial charge in [-0.2, -0.15) is 0 Å². The van der Waals surface area contributed by atoms with Crippen LogP contribution >= 0.6 is 0 Å². The quantitative estimate of drug-likeness (QED) is 0.219. The predicted octanol–water partition coefficient (Wildman–Crippen LogP) is 2.07. The van der Waals surface area contributed by atoms with E-state index >= 15 is 0 Å². The van der Waals surface area contributed by atoms with Crippen molar-refractivity contribution in [2.24, 2.45) is 34.5 Å². The maximum Gasteiger partial charge on any atom is 0.303 e. The number of fused-ring (bicyclic) bond motifs is 5. The van der Waals surface area contributed by atoms with E-state index < -0.39 is 60.0 Å². The van der Waals surface area contributed by atoms with Crippen LogP contribution in [0.15, 0.2) is 11.6 Å². The molecule has 11 atom stereocenters. The zero-order valence-corrected chi connectivity index (χ0v) is 23.1. The van der Waals surface area contributed by atoms with Gasteiger partial charge in [-0.05, 0) is 60.3 Å². The summed E-state index contributed by atoms with van der Waals surface area (Å²) in [5.74, 6) is 0.646. The van der Waals surface area contributed by atoms with Gasteiger partial charge in [-0.25, -0.2) is 0 Å². The van der Waals surface area contributed by atoms with Gasteiger partial charge in [0.25, 0.3) is 0 Å². The van der Waals surface area contributed by atoms with Gasteiger partial charge in [0.1, 0.15) is 23.4 Å². The molecule has 6 N–H and O–H groups in total. The Hall–Kier alpha value is -1.03. The number of esters is 1. The summed E-state index contributed by atoms with van der Waals surface area (Å²) in [5, 5.41) is 67.6. The molecule has 37 heavy (non-hydrogen) atoms. The second kappa shape index (κ2) is 9.86. The fraction of sp³-hybridized carbons (Fsp3) is 0.897. The van der Waals surface area contributed by atoms with E-state index in [0.29, 0.717) is 29.7 Å². The summed E-state index contributed by atoms with van der Waals surface area (Å²) in [4.78, 5) is 12.3. The maximum atomic E-state index is 12.7. The molecule has 0 aromatic heterocycles. The molecule has 4 aliphatic rings. The first kappa shape index (κ1) is 29.0. The largest absolute Gasteiger partial charge is 0.459 e. The fourth-order valence-electron chi connectivity index (χ4n) is 9.05. The van der Waals surface area contributed by atoms with E-state index in [9.17, 15) is 35.4 Å². The van der Waals surface area contributed by atoms with Crippen LogP contribution in [0.1, 0.15) is 86.0 Å². The number of aliphatic hydroxyl groups excluding tert-OH is 4. The topological polar surface area (TPSA) is 148 Å². The Bertz CT molecular complexity index is 904. The first-order valence-electron chi connectivity index (χ1n) is 14.2. The van der Waals surface area contributed by atoms with Gasteiger partial charge >= 0.3 is 5.97 Å². The number of aliphatic hydroxyl groups is 6. The average molecular weight is 525 g/mol. The summed E-state index contributed by atoms with van der Waals surface area (Å²) >= 11 is 0. The highest BCUT2D eigenvalue weighted by molar-refractivity contribution is 5.66. The predicted molar refractivity (Wildman–Crippen MR) is 137 cm³/mol. The van der Waals surface area contributed by atoms with Gasteiger partial charge in [-0.15, -0.1) is 0 Å². The molecule has 4 rings (SSSR count). The molecule has 0 unspecified atom stereocenters. The molecule has 8 nitrogen and oxygen atoms in total. The summed E-state index contributed by atoms with van der Waals surface area (Å²) in [6.07, 6.45) is 0.925. The average Bonchev–Trinajstić information content (AvgIpc) is 3.14. The highest BCUT2D eigenvalue weighted by Gasteiger charge is 2.77. The summed E-state index contributed by atoms with van der Waals surface area (Å²) in [7, 11) is 0. The number of rotatable bonds is 7. The number of hydrogen-bond donors (Lipinski definition) is 6. The Kier molecular flexibility index (Phi) is 7.72. The normalized spacial score (nSPS) is 48.1. The third-order valence-corrected chi connectivity index (χ3v) is 10.9. The SMILES string of the molecule is CC(=O)O[C@@H]1C[C@]2(C)[C@@H]([C@H](C)CCCC(C)C)CC[C@H]2C2=C[C@@H](O)[C@@]3(O)C[C@@H](O)[C@H](O)C[C@]3(CO)[C@]21O. The number of hydrogen-bond acceptors (Lipinski definition) is 8. The Morgan fingerprint density at radius 1 is 1.05 bits per heavy atom. The summed E-state index contributed by atoms with van der Waals surface area (Å²) < 4.78 is 5.82. The molecule has 3 saturated carbocycles. The number of carbonyl (C=O) groups excluding carboxylic acids is 1. The zero-order valence-electron chi connectivity index (χ0n) is 23.1. The third-order valence-electron chi connectivity index (χ3n) is 10.9. The molecule has 0 spiro atoms. The van der Waals surface area contributed by atoms with E-state index in [-0.39, 0.29) is 17.8 Å². The lowest BCUT2D eigenvalue weighted by atomic mass is 9.42. The lowest BCUT2D eigenvalue weighted by molar-refractivity contribution is -0.312. The van der Waals surface area contributed by atoms with E-state index in [1.165, 1.54) is 13.0 Å². The van der Waals surface area contributed by atoms with Crippen molar-refractivity contribution in [1.29, 1.82) is 0 Å². The van der Waals surface area contributed by atoms with Crippen LogP contribution < -0.4 is 0 Å². The number of ether oxygens (including phenoxy) is 1. The Balaban J connectivity index is 1.81. The molecule has 0 heterocycles. The minimum Gasteiger partial charge on any atom is -0.459 e. The molecule has 0 saturated heterocycles. The monoisotopic (exact) mass is 524 g/mol. The Morgan fingerprint density at radius 2 is 1.70 bits per heavy atom. The van der Waals surface area contributed by atoms with Crippen LogP contribution in [0.3, 0.4) is 0 Å². The summed E-state index contributed by atoms with van der Waals surface area (Å²) in [6.45, 7) is 9.43. The van der Waals surface area contributed by atoms with Gasteiger partial charge in [0.2, 0.25) is 0 Å². The van der Waals surface area contributed by atoms with Crippen molar-refractivity contribution >= 4 is 5.97 Å². The van der Waals surface area contributed by atoms with Crippen LogP contribution in [-0.4, -0.2) is 78.8 Å². The van der Waals surface area contributed by atoms with E-state index in [2.05, 4.69) is 27.7 Å². The Morgan fingerprint density at radius 3 is 2.30 bits per heavy atom. The maximum absolute atomic E-state index is 12.7. The second-order valence-corrected chi connectivity index (χ2v) is 13.4. The van der Waals surface area contributed by atoms with E-state index in [1.807, 2.05) is 0 Å². The smallest absolute Gasteiger partial charge is 0.303 e. The molecule has 4 aliphatic carbocycles. The van der Waals surface area contributed by atoms with E-state index in [0.717, 1.165) is 32.1 Å². The van der Waals surface area contributed by atoms with Crippen molar-refractivity contribution in [3.8, 4) is 0 Å². The van der Waals surface area contributed by atoms with Gasteiger partial charge in [-0.3, -0.25) is 4.79 Å². The van der Waals surface area contributed by atoms with Crippen LogP contribution in [-0.2, 0) is 9.53 Å². The van der Waals surface area contributed by atoms with Crippen molar-refractivity contribution in [3.05, 3.63) is 11.6 Å². The van der Waals surface area contributed by atoms with E-state index in [1.54, 1.807) is 0 Å². The molecular weight excluding hydrogens is 476 g/mol. The minimum atomic E-state index is -2.12. The van der Waals surface area contributed by atoms with Crippen LogP contribution in [0, 0.1) is 34.5 Å². The van der Waals surface area contributed by atoms with Crippen molar-refractivity contribution in [1.82, 2.24) is 0 Å². The molecular formula is C29H48O8. The zero-order chi connectivity index (χ0) is 27.6. The van der Waals surface area contributed by atoms with Gasteiger partial charge in [0.05, 0.1) is 24.2 Å².